The van der Waals surface area contributed by atoms with Gasteiger partial charge in [-0.1, -0.05) is 25.1 Å². The predicted molar refractivity (Wildman–Crippen MR) is 63.2 cm³/mol. The van der Waals surface area contributed by atoms with Gasteiger partial charge < -0.3 is 9.72 Å². The fourth-order valence-corrected chi connectivity index (χ4v) is 1.89. The first kappa shape index (κ1) is 10.2. The van der Waals surface area contributed by atoms with Crippen LogP contribution in [0.5, 0.6) is 0 Å². The Labute approximate surface area is 90.3 Å². The number of rotatable bonds is 4. The summed E-state index contributed by atoms with van der Waals surface area (Å²) in [5, 5.41) is 1.31. The Balaban J connectivity index is 2.27. The third kappa shape index (κ3) is 2.05. The van der Waals surface area contributed by atoms with Crippen LogP contribution in [0.15, 0.2) is 30.5 Å². The van der Waals surface area contributed by atoms with E-state index in [2.05, 4.69) is 42.4 Å². The Hall–Kier alpha value is -1.28. The second-order valence-electron chi connectivity index (χ2n) is 3.85. The molecule has 0 aliphatic carbocycles. The van der Waals surface area contributed by atoms with Gasteiger partial charge in [-0.3, -0.25) is 0 Å². The number of para-hydroxylation sites is 1. The highest BCUT2D eigenvalue weighted by Gasteiger charge is 2.10. The standard InChI is InChI=1S/C13H17NO/c1-3-15-9-10(2)12-8-14-13-7-5-4-6-11(12)13/h4-8,10,14H,3,9H2,1-2H3. The molecule has 2 heteroatoms. The molecule has 1 aromatic heterocycles. The summed E-state index contributed by atoms with van der Waals surface area (Å²) in [5.41, 5.74) is 2.55. The van der Waals surface area contributed by atoms with Crippen LogP contribution in [0.1, 0.15) is 25.3 Å². The third-order valence-electron chi connectivity index (χ3n) is 2.72. The van der Waals surface area contributed by atoms with Gasteiger partial charge in [0.05, 0.1) is 6.61 Å². The number of hydrogen-bond acceptors (Lipinski definition) is 1. The second kappa shape index (κ2) is 4.49. The lowest BCUT2D eigenvalue weighted by Gasteiger charge is -2.09. The van der Waals surface area contributed by atoms with Crippen molar-refractivity contribution in [1.29, 1.82) is 0 Å². The zero-order valence-corrected chi connectivity index (χ0v) is 9.29. The summed E-state index contributed by atoms with van der Waals surface area (Å²) in [6.07, 6.45) is 2.09. The average Bonchev–Trinajstić information content (AvgIpc) is 2.69. The molecule has 0 saturated heterocycles. The average molecular weight is 203 g/mol. The van der Waals surface area contributed by atoms with E-state index in [0.29, 0.717) is 5.92 Å². The van der Waals surface area contributed by atoms with Crippen molar-refractivity contribution >= 4 is 10.9 Å². The maximum atomic E-state index is 5.45. The number of fused-ring (bicyclic) bond motifs is 1. The van der Waals surface area contributed by atoms with Crippen molar-refractivity contribution in [2.45, 2.75) is 19.8 Å². The van der Waals surface area contributed by atoms with Crippen LogP contribution in [0.3, 0.4) is 0 Å². The molecule has 1 N–H and O–H groups in total. The summed E-state index contributed by atoms with van der Waals surface area (Å²) in [6, 6.07) is 8.39. The van der Waals surface area contributed by atoms with Crippen molar-refractivity contribution in [3.05, 3.63) is 36.0 Å². The van der Waals surface area contributed by atoms with Gasteiger partial charge in [0.25, 0.3) is 0 Å². The maximum absolute atomic E-state index is 5.45. The second-order valence-corrected chi connectivity index (χ2v) is 3.85. The molecule has 2 aromatic rings. The van der Waals surface area contributed by atoms with Crippen LogP contribution in [0.4, 0.5) is 0 Å². The number of H-pyrrole nitrogens is 1. The van der Waals surface area contributed by atoms with Gasteiger partial charge in [-0.05, 0) is 18.6 Å². The smallest absolute Gasteiger partial charge is 0.0532 e. The summed E-state index contributed by atoms with van der Waals surface area (Å²) < 4.78 is 5.45. The Kier molecular flexibility index (Phi) is 3.07. The molecule has 0 aliphatic heterocycles. The largest absolute Gasteiger partial charge is 0.381 e. The van der Waals surface area contributed by atoms with E-state index in [0.717, 1.165) is 13.2 Å². The number of aromatic nitrogens is 1. The quantitative estimate of drug-likeness (QED) is 0.810. The van der Waals surface area contributed by atoms with E-state index in [-0.39, 0.29) is 0 Å². The molecule has 0 saturated carbocycles. The molecule has 15 heavy (non-hydrogen) atoms. The molecule has 0 bridgehead atoms. The van der Waals surface area contributed by atoms with Crippen LogP contribution in [-0.4, -0.2) is 18.2 Å². The Morgan fingerprint density at radius 3 is 2.93 bits per heavy atom. The number of nitrogens with one attached hydrogen (secondary N) is 1. The Morgan fingerprint density at radius 1 is 1.33 bits per heavy atom. The van der Waals surface area contributed by atoms with Gasteiger partial charge in [0, 0.05) is 29.6 Å². The molecule has 2 rings (SSSR count). The van der Waals surface area contributed by atoms with Gasteiger partial charge in [-0.2, -0.15) is 0 Å². The van der Waals surface area contributed by atoms with Crippen LogP contribution in [0, 0.1) is 0 Å². The number of hydrogen-bond donors (Lipinski definition) is 1. The zero-order chi connectivity index (χ0) is 10.7. The first-order chi connectivity index (χ1) is 7.33. The van der Waals surface area contributed by atoms with E-state index in [1.165, 1.54) is 16.5 Å². The summed E-state index contributed by atoms with van der Waals surface area (Å²) in [7, 11) is 0. The van der Waals surface area contributed by atoms with Crippen molar-refractivity contribution in [2.24, 2.45) is 0 Å². The lowest BCUT2D eigenvalue weighted by Crippen LogP contribution is -2.03. The topological polar surface area (TPSA) is 25.0 Å². The van der Waals surface area contributed by atoms with Gasteiger partial charge >= 0.3 is 0 Å². The van der Waals surface area contributed by atoms with Crippen LogP contribution >= 0.6 is 0 Å². The van der Waals surface area contributed by atoms with Crippen LogP contribution in [-0.2, 0) is 4.74 Å². The highest BCUT2D eigenvalue weighted by molar-refractivity contribution is 5.83. The SMILES string of the molecule is CCOCC(C)c1c[nH]c2ccccc12. The minimum Gasteiger partial charge on any atom is -0.381 e. The molecule has 0 aliphatic rings. The molecule has 0 spiro atoms. The predicted octanol–water partition coefficient (Wildman–Crippen LogP) is 3.31. The van der Waals surface area contributed by atoms with Gasteiger partial charge in [0.1, 0.15) is 0 Å². The minimum atomic E-state index is 0.445. The van der Waals surface area contributed by atoms with Gasteiger partial charge in [0.2, 0.25) is 0 Å². The van der Waals surface area contributed by atoms with Gasteiger partial charge in [0.15, 0.2) is 0 Å². The zero-order valence-electron chi connectivity index (χ0n) is 9.29. The Morgan fingerprint density at radius 2 is 2.13 bits per heavy atom. The van der Waals surface area contributed by atoms with Crippen molar-refractivity contribution in [3.8, 4) is 0 Å². The molecule has 0 radical (unpaired) electrons. The molecule has 1 aromatic carbocycles. The van der Waals surface area contributed by atoms with Gasteiger partial charge in [-0.25, -0.2) is 0 Å². The highest BCUT2D eigenvalue weighted by Crippen LogP contribution is 2.25. The summed E-state index contributed by atoms with van der Waals surface area (Å²) >= 11 is 0. The van der Waals surface area contributed by atoms with Crippen molar-refractivity contribution in [1.82, 2.24) is 4.98 Å². The van der Waals surface area contributed by atoms with E-state index in [9.17, 15) is 0 Å². The third-order valence-corrected chi connectivity index (χ3v) is 2.72. The van der Waals surface area contributed by atoms with Crippen LogP contribution < -0.4 is 0 Å². The summed E-state index contributed by atoms with van der Waals surface area (Å²) in [4.78, 5) is 3.29. The molecular formula is C13H17NO. The fourth-order valence-electron chi connectivity index (χ4n) is 1.89. The van der Waals surface area contributed by atoms with E-state index in [4.69, 9.17) is 4.74 Å². The molecule has 80 valence electrons. The van der Waals surface area contributed by atoms with Gasteiger partial charge in [-0.15, -0.1) is 0 Å². The minimum absolute atomic E-state index is 0.445. The number of ether oxygens (including phenoxy) is 1. The first-order valence-corrected chi connectivity index (χ1v) is 5.46. The van der Waals surface area contributed by atoms with E-state index < -0.39 is 0 Å². The van der Waals surface area contributed by atoms with E-state index in [1.54, 1.807) is 0 Å². The maximum Gasteiger partial charge on any atom is 0.0532 e. The first-order valence-electron chi connectivity index (χ1n) is 5.46. The fraction of sp³-hybridized carbons (Fsp3) is 0.385. The van der Waals surface area contributed by atoms with E-state index >= 15 is 0 Å². The number of aromatic amines is 1. The highest BCUT2D eigenvalue weighted by atomic mass is 16.5. The van der Waals surface area contributed by atoms with Crippen molar-refractivity contribution in [3.63, 3.8) is 0 Å². The monoisotopic (exact) mass is 203 g/mol. The molecule has 1 heterocycles. The lowest BCUT2D eigenvalue weighted by molar-refractivity contribution is 0.136. The van der Waals surface area contributed by atoms with Crippen molar-refractivity contribution < 1.29 is 4.74 Å². The Bertz CT molecular complexity index is 433. The molecule has 0 amide bonds. The number of benzene rings is 1. The molecule has 1 atom stereocenters. The van der Waals surface area contributed by atoms with Crippen LogP contribution in [0.2, 0.25) is 0 Å². The summed E-state index contributed by atoms with van der Waals surface area (Å²) in [6.45, 7) is 5.80. The lowest BCUT2D eigenvalue weighted by atomic mass is 10.0. The van der Waals surface area contributed by atoms with Crippen molar-refractivity contribution in [2.75, 3.05) is 13.2 Å². The molecule has 2 nitrogen and oxygen atoms in total. The molecule has 0 fully saturated rings. The molecular weight excluding hydrogens is 186 g/mol. The summed E-state index contributed by atoms with van der Waals surface area (Å²) in [5.74, 6) is 0.445. The van der Waals surface area contributed by atoms with Crippen LogP contribution in [0.25, 0.3) is 10.9 Å². The van der Waals surface area contributed by atoms with E-state index in [1.807, 2.05) is 6.92 Å². The molecule has 1 unspecified atom stereocenters. The normalized spacial score (nSPS) is 13.2.